The number of ether oxygens (including phenoxy) is 2. The van der Waals surface area contributed by atoms with Gasteiger partial charge in [0.1, 0.15) is 5.69 Å². The molecule has 0 aliphatic carbocycles. The molecule has 0 aromatic carbocycles. The second kappa shape index (κ2) is 6.00. The minimum Gasteiger partial charge on any atom is -0.382 e. The Bertz CT molecular complexity index is 535. The topological polar surface area (TPSA) is 47.5 Å². The van der Waals surface area contributed by atoms with Gasteiger partial charge in [0.25, 0.3) is 0 Å². The first-order chi connectivity index (χ1) is 10.1. The third kappa shape index (κ3) is 4.07. The van der Waals surface area contributed by atoms with Crippen molar-refractivity contribution in [3.8, 4) is 0 Å². The number of aryl methyl sites for hydroxylation is 1. The summed E-state index contributed by atoms with van der Waals surface area (Å²) in [5.74, 6) is 0.0739. The van der Waals surface area contributed by atoms with Gasteiger partial charge < -0.3 is 14.4 Å². The minimum atomic E-state index is -4.49. The van der Waals surface area contributed by atoms with E-state index in [9.17, 15) is 13.2 Å². The molecule has 0 amide bonds. The quantitative estimate of drug-likeness (QED) is 0.856. The van der Waals surface area contributed by atoms with Gasteiger partial charge in [-0.1, -0.05) is 0 Å². The summed E-state index contributed by atoms with van der Waals surface area (Å²) in [5.41, 5.74) is -1.17. The molecule has 1 aromatic heterocycles. The fourth-order valence-electron chi connectivity index (χ4n) is 2.56. The Morgan fingerprint density at radius 3 is 2.68 bits per heavy atom. The first kappa shape index (κ1) is 17.0. The first-order valence-corrected chi connectivity index (χ1v) is 6.95. The van der Waals surface area contributed by atoms with Gasteiger partial charge in [0.15, 0.2) is 0 Å². The van der Waals surface area contributed by atoms with Gasteiger partial charge in [-0.25, -0.2) is 9.97 Å². The van der Waals surface area contributed by atoms with Crippen molar-refractivity contribution >= 4 is 5.95 Å². The maximum atomic E-state index is 12.9. The maximum Gasteiger partial charge on any atom is 0.433 e. The molecular formula is C14H20F3N3O2. The Morgan fingerprint density at radius 1 is 1.41 bits per heavy atom. The molecule has 1 aliphatic heterocycles. The van der Waals surface area contributed by atoms with Crippen LogP contribution in [0.5, 0.6) is 0 Å². The van der Waals surface area contributed by atoms with Gasteiger partial charge in [-0.2, -0.15) is 13.2 Å². The van der Waals surface area contributed by atoms with Gasteiger partial charge >= 0.3 is 6.18 Å². The molecule has 2 heterocycles. The van der Waals surface area contributed by atoms with Gasteiger partial charge in [0, 0.05) is 25.9 Å². The van der Waals surface area contributed by atoms with E-state index in [0.29, 0.717) is 19.7 Å². The predicted molar refractivity (Wildman–Crippen MR) is 74.8 cm³/mol. The number of anilines is 1. The number of alkyl halides is 3. The van der Waals surface area contributed by atoms with Crippen LogP contribution < -0.4 is 4.90 Å². The monoisotopic (exact) mass is 319 g/mol. The molecule has 22 heavy (non-hydrogen) atoms. The molecule has 2 rings (SSSR count). The van der Waals surface area contributed by atoms with E-state index in [2.05, 4.69) is 9.97 Å². The normalized spacial score (nSPS) is 22.0. The van der Waals surface area contributed by atoms with Crippen molar-refractivity contribution in [2.45, 2.75) is 38.7 Å². The van der Waals surface area contributed by atoms with Gasteiger partial charge in [-0.05, 0) is 26.8 Å². The highest BCUT2D eigenvalue weighted by Gasteiger charge is 2.37. The Balaban J connectivity index is 2.31. The summed E-state index contributed by atoms with van der Waals surface area (Å²) in [7, 11) is 1.56. The lowest BCUT2D eigenvalue weighted by molar-refractivity contribution is -0.141. The van der Waals surface area contributed by atoms with E-state index in [1.54, 1.807) is 12.0 Å². The van der Waals surface area contributed by atoms with Crippen LogP contribution in [-0.2, 0) is 15.7 Å². The molecule has 1 fully saturated rings. The molecule has 0 N–H and O–H groups in total. The Labute approximate surface area is 127 Å². The molecule has 0 saturated carbocycles. The van der Waals surface area contributed by atoms with Crippen LogP contribution in [0, 0.1) is 6.92 Å². The zero-order valence-corrected chi connectivity index (χ0v) is 13.1. The van der Waals surface area contributed by atoms with Gasteiger partial charge in [-0.15, -0.1) is 0 Å². The fourth-order valence-corrected chi connectivity index (χ4v) is 2.56. The maximum absolute atomic E-state index is 12.9. The second-order valence-corrected chi connectivity index (χ2v) is 6.03. The molecule has 0 radical (unpaired) electrons. The van der Waals surface area contributed by atoms with E-state index in [1.807, 2.05) is 13.8 Å². The Morgan fingerprint density at radius 2 is 2.09 bits per heavy atom. The van der Waals surface area contributed by atoms with Crippen LogP contribution in [0.15, 0.2) is 6.07 Å². The molecule has 1 saturated heterocycles. The number of hydrogen-bond donors (Lipinski definition) is 0. The standard InChI is InChI=1S/C14H20F3N3O2/c1-9-5-11(14(15,16)17)19-12(18-9)20-6-10(7-21-4)22-13(2,3)8-20/h5,10H,6-8H2,1-4H3/t10-/m0/s1. The zero-order valence-electron chi connectivity index (χ0n) is 13.1. The first-order valence-electron chi connectivity index (χ1n) is 6.95. The predicted octanol–water partition coefficient (Wildman–Crippen LogP) is 2.43. The van der Waals surface area contributed by atoms with E-state index in [4.69, 9.17) is 9.47 Å². The number of methoxy groups -OCH3 is 1. The van der Waals surface area contributed by atoms with E-state index >= 15 is 0 Å². The molecule has 1 atom stereocenters. The Kier molecular flexibility index (Phi) is 4.62. The number of halogens is 3. The van der Waals surface area contributed by atoms with Crippen molar-refractivity contribution in [2.75, 3.05) is 31.7 Å². The average molecular weight is 319 g/mol. The van der Waals surface area contributed by atoms with Gasteiger partial charge in [-0.3, -0.25) is 0 Å². The number of aromatic nitrogens is 2. The molecule has 0 bridgehead atoms. The molecular weight excluding hydrogens is 299 g/mol. The highest BCUT2D eigenvalue weighted by atomic mass is 19.4. The summed E-state index contributed by atoms with van der Waals surface area (Å²) in [6.07, 6.45) is -4.73. The number of morpholine rings is 1. The van der Waals surface area contributed by atoms with Gasteiger partial charge in [0.2, 0.25) is 5.95 Å². The number of hydrogen-bond acceptors (Lipinski definition) is 5. The third-order valence-electron chi connectivity index (χ3n) is 3.25. The van der Waals surface area contributed by atoms with E-state index in [-0.39, 0.29) is 17.7 Å². The SMILES string of the molecule is COC[C@@H]1CN(c2nc(C)cc(C(F)(F)F)n2)CC(C)(C)O1. The van der Waals surface area contributed by atoms with Crippen molar-refractivity contribution < 1.29 is 22.6 Å². The zero-order chi connectivity index (χ0) is 16.5. The molecule has 0 unspecified atom stereocenters. The summed E-state index contributed by atoms with van der Waals surface area (Å²) in [6, 6.07) is 0.946. The smallest absolute Gasteiger partial charge is 0.382 e. The van der Waals surface area contributed by atoms with Crippen molar-refractivity contribution in [3.05, 3.63) is 17.5 Å². The van der Waals surface area contributed by atoms with E-state index < -0.39 is 17.5 Å². The molecule has 1 aliphatic rings. The van der Waals surface area contributed by atoms with Crippen LogP contribution in [0.2, 0.25) is 0 Å². The number of rotatable bonds is 3. The fraction of sp³-hybridized carbons (Fsp3) is 0.714. The average Bonchev–Trinajstić information content (AvgIpc) is 2.35. The van der Waals surface area contributed by atoms with Gasteiger partial charge in [0.05, 0.1) is 18.3 Å². The van der Waals surface area contributed by atoms with Crippen LogP contribution in [0.4, 0.5) is 19.1 Å². The van der Waals surface area contributed by atoms with Crippen molar-refractivity contribution in [1.82, 2.24) is 9.97 Å². The molecule has 5 nitrogen and oxygen atoms in total. The molecule has 8 heteroatoms. The van der Waals surface area contributed by atoms with Crippen LogP contribution in [0.25, 0.3) is 0 Å². The largest absolute Gasteiger partial charge is 0.433 e. The minimum absolute atomic E-state index is 0.0739. The summed E-state index contributed by atoms with van der Waals surface area (Å²) in [6.45, 7) is 6.44. The molecule has 0 spiro atoms. The summed E-state index contributed by atoms with van der Waals surface area (Å²) < 4.78 is 49.7. The lowest BCUT2D eigenvalue weighted by Gasteiger charge is -2.42. The molecule has 124 valence electrons. The third-order valence-corrected chi connectivity index (χ3v) is 3.25. The van der Waals surface area contributed by atoms with Crippen molar-refractivity contribution in [1.29, 1.82) is 0 Å². The van der Waals surface area contributed by atoms with E-state index in [1.165, 1.54) is 6.92 Å². The van der Waals surface area contributed by atoms with Crippen molar-refractivity contribution in [3.63, 3.8) is 0 Å². The lowest BCUT2D eigenvalue weighted by atomic mass is 10.1. The molecule has 1 aromatic rings. The second-order valence-electron chi connectivity index (χ2n) is 6.03. The highest BCUT2D eigenvalue weighted by molar-refractivity contribution is 5.35. The Hall–Kier alpha value is -1.41. The lowest BCUT2D eigenvalue weighted by Crippen LogP contribution is -2.54. The summed E-state index contributed by atoms with van der Waals surface area (Å²) in [5, 5.41) is 0. The van der Waals surface area contributed by atoms with Crippen LogP contribution in [-0.4, -0.2) is 48.5 Å². The van der Waals surface area contributed by atoms with Crippen LogP contribution >= 0.6 is 0 Å². The number of nitrogens with zero attached hydrogens (tertiary/aromatic N) is 3. The van der Waals surface area contributed by atoms with Crippen LogP contribution in [0.3, 0.4) is 0 Å². The van der Waals surface area contributed by atoms with Crippen LogP contribution in [0.1, 0.15) is 25.2 Å². The highest BCUT2D eigenvalue weighted by Crippen LogP contribution is 2.30. The van der Waals surface area contributed by atoms with Crippen molar-refractivity contribution in [2.24, 2.45) is 0 Å². The van der Waals surface area contributed by atoms with E-state index in [0.717, 1.165) is 6.07 Å². The summed E-state index contributed by atoms with van der Waals surface area (Å²) >= 11 is 0. The summed E-state index contributed by atoms with van der Waals surface area (Å²) in [4.78, 5) is 9.55.